The Bertz CT molecular complexity index is 447. The number of halogens is 1. The van der Waals surface area contributed by atoms with Crippen molar-refractivity contribution >= 4 is 18.3 Å². The normalized spacial score (nSPS) is 16.5. The van der Waals surface area contributed by atoms with Gasteiger partial charge in [-0.25, -0.2) is 0 Å². The molecule has 0 aromatic heterocycles. The van der Waals surface area contributed by atoms with Crippen LogP contribution in [-0.4, -0.2) is 37.8 Å². The van der Waals surface area contributed by atoms with E-state index in [0.717, 1.165) is 37.2 Å². The maximum atomic E-state index is 12.3. The van der Waals surface area contributed by atoms with Crippen LogP contribution in [0.2, 0.25) is 0 Å². The van der Waals surface area contributed by atoms with Crippen molar-refractivity contribution in [3.63, 3.8) is 0 Å². The second-order valence-electron chi connectivity index (χ2n) is 5.37. The molecule has 0 spiro atoms. The largest absolute Gasteiger partial charge is 0.497 e. The van der Waals surface area contributed by atoms with Crippen LogP contribution in [0.1, 0.15) is 30.9 Å². The number of carbonyl (C=O) groups is 1. The Hall–Kier alpha value is -1.30. The molecule has 1 unspecified atom stereocenters. The van der Waals surface area contributed by atoms with Gasteiger partial charge >= 0.3 is 0 Å². The van der Waals surface area contributed by atoms with Crippen LogP contribution >= 0.6 is 12.4 Å². The molecule has 0 radical (unpaired) electrons. The molecule has 1 aromatic carbocycles. The summed E-state index contributed by atoms with van der Waals surface area (Å²) in [7, 11) is 1.62. The van der Waals surface area contributed by atoms with Crippen LogP contribution < -0.4 is 15.4 Å². The van der Waals surface area contributed by atoms with E-state index in [2.05, 4.69) is 10.6 Å². The minimum atomic E-state index is -0.150. The Labute approximate surface area is 137 Å². The van der Waals surface area contributed by atoms with Crippen molar-refractivity contribution in [1.82, 2.24) is 10.6 Å². The summed E-state index contributed by atoms with van der Waals surface area (Å²) >= 11 is 0. The zero-order valence-electron chi connectivity index (χ0n) is 12.9. The van der Waals surface area contributed by atoms with Gasteiger partial charge in [0.2, 0.25) is 5.91 Å². The molecular weight excluding hydrogens is 304 g/mol. The Morgan fingerprint density at radius 3 is 2.55 bits per heavy atom. The number of hydrogen-bond donors (Lipinski definition) is 3. The molecule has 1 aliphatic heterocycles. The molecule has 3 N–H and O–H groups in total. The number of carbonyl (C=O) groups excluding carboxylic acids is 1. The monoisotopic (exact) mass is 328 g/mol. The first-order valence-corrected chi connectivity index (χ1v) is 7.50. The molecule has 22 heavy (non-hydrogen) atoms. The average molecular weight is 329 g/mol. The van der Waals surface area contributed by atoms with Crippen molar-refractivity contribution in [1.29, 1.82) is 0 Å². The van der Waals surface area contributed by atoms with Gasteiger partial charge in [-0.3, -0.25) is 4.79 Å². The topological polar surface area (TPSA) is 70.6 Å². The van der Waals surface area contributed by atoms with Crippen molar-refractivity contribution in [2.45, 2.75) is 25.3 Å². The summed E-state index contributed by atoms with van der Waals surface area (Å²) < 4.78 is 5.14. The first-order chi connectivity index (χ1) is 10.2. The van der Waals surface area contributed by atoms with Crippen molar-refractivity contribution < 1.29 is 14.6 Å². The van der Waals surface area contributed by atoms with E-state index < -0.39 is 0 Å². The van der Waals surface area contributed by atoms with Gasteiger partial charge in [-0.15, -0.1) is 12.4 Å². The third kappa shape index (κ3) is 5.16. The zero-order chi connectivity index (χ0) is 15.1. The molecule has 1 aliphatic rings. The molecule has 1 saturated heterocycles. The van der Waals surface area contributed by atoms with E-state index in [-0.39, 0.29) is 36.9 Å². The van der Waals surface area contributed by atoms with E-state index in [1.807, 2.05) is 24.3 Å². The SMILES string of the molecule is COc1ccc(C(CCO)NC(=O)C2CCNCC2)cc1.Cl. The molecule has 1 aromatic rings. The van der Waals surface area contributed by atoms with Crippen molar-refractivity contribution in [3.05, 3.63) is 29.8 Å². The lowest BCUT2D eigenvalue weighted by Crippen LogP contribution is -2.39. The highest BCUT2D eigenvalue weighted by atomic mass is 35.5. The predicted octanol–water partition coefficient (Wildman–Crippen LogP) is 1.66. The molecule has 0 aliphatic carbocycles. The fraction of sp³-hybridized carbons (Fsp3) is 0.562. The van der Waals surface area contributed by atoms with Gasteiger partial charge in [0.15, 0.2) is 0 Å². The number of hydrogen-bond acceptors (Lipinski definition) is 4. The van der Waals surface area contributed by atoms with Gasteiger partial charge in [0, 0.05) is 12.5 Å². The number of methoxy groups -OCH3 is 1. The van der Waals surface area contributed by atoms with Gasteiger partial charge in [0.25, 0.3) is 0 Å². The fourth-order valence-corrected chi connectivity index (χ4v) is 2.66. The molecule has 0 bridgehead atoms. The minimum absolute atomic E-state index is 0. The van der Waals surface area contributed by atoms with E-state index >= 15 is 0 Å². The summed E-state index contributed by atoms with van der Waals surface area (Å²) in [6, 6.07) is 7.46. The lowest BCUT2D eigenvalue weighted by molar-refractivity contribution is -0.126. The molecular formula is C16H25ClN2O3. The number of benzene rings is 1. The Morgan fingerprint density at radius 2 is 2.00 bits per heavy atom. The van der Waals surface area contributed by atoms with Crippen LogP contribution in [0.3, 0.4) is 0 Å². The van der Waals surface area contributed by atoms with Crippen LogP contribution in [-0.2, 0) is 4.79 Å². The third-order valence-electron chi connectivity index (χ3n) is 3.96. The zero-order valence-corrected chi connectivity index (χ0v) is 13.7. The first kappa shape index (κ1) is 18.7. The van der Waals surface area contributed by atoms with E-state index in [1.165, 1.54) is 0 Å². The maximum Gasteiger partial charge on any atom is 0.223 e. The molecule has 1 amide bonds. The van der Waals surface area contributed by atoms with E-state index in [1.54, 1.807) is 7.11 Å². The molecule has 0 saturated carbocycles. The Balaban J connectivity index is 0.00000242. The number of rotatable bonds is 6. The summed E-state index contributed by atoms with van der Waals surface area (Å²) in [6.07, 6.45) is 2.27. The number of piperidine rings is 1. The lowest BCUT2D eigenvalue weighted by Gasteiger charge is -2.25. The molecule has 5 nitrogen and oxygen atoms in total. The number of aliphatic hydroxyl groups excluding tert-OH is 1. The summed E-state index contributed by atoms with van der Waals surface area (Å²) in [5.74, 6) is 0.947. The smallest absolute Gasteiger partial charge is 0.223 e. The molecule has 1 heterocycles. The van der Waals surface area contributed by atoms with E-state index in [4.69, 9.17) is 4.74 Å². The summed E-state index contributed by atoms with van der Waals surface area (Å²) in [5.41, 5.74) is 0.993. The third-order valence-corrected chi connectivity index (χ3v) is 3.96. The molecule has 124 valence electrons. The van der Waals surface area contributed by atoms with E-state index in [9.17, 15) is 9.90 Å². The highest BCUT2D eigenvalue weighted by molar-refractivity contribution is 5.85. The van der Waals surface area contributed by atoms with Gasteiger partial charge in [-0.1, -0.05) is 12.1 Å². The van der Waals surface area contributed by atoms with Crippen LogP contribution in [0.15, 0.2) is 24.3 Å². The molecule has 6 heteroatoms. The van der Waals surface area contributed by atoms with Crippen molar-refractivity contribution in [2.24, 2.45) is 5.92 Å². The minimum Gasteiger partial charge on any atom is -0.497 e. The summed E-state index contributed by atoms with van der Waals surface area (Å²) in [6.45, 7) is 1.83. The molecule has 1 fully saturated rings. The molecule has 2 rings (SSSR count). The standard InChI is InChI=1S/C16H24N2O3.ClH/c1-21-14-4-2-12(3-5-14)15(8-11-19)18-16(20)13-6-9-17-10-7-13;/h2-5,13,15,17,19H,6-11H2,1H3,(H,18,20);1H. The van der Waals surface area contributed by atoms with E-state index in [0.29, 0.717) is 6.42 Å². The predicted molar refractivity (Wildman–Crippen MR) is 88.4 cm³/mol. The van der Waals surface area contributed by atoms with Gasteiger partial charge in [-0.2, -0.15) is 0 Å². The maximum absolute atomic E-state index is 12.3. The first-order valence-electron chi connectivity index (χ1n) is 7.50. The number of nitrogens with one attached hydrogen (secondary N) is 2. The van der Waals surface area contributed by atoms with Gasteiger partial charge < -0.3 is 20.5 Å². The van der Waals surface area contributed by atoms with Crippen molar-refractivity contribution in [3.8, 4) is 5.75 Å². The summed E-state index contributed by atoms with van der Waals surface area (Å²) in [5, 5.41) is 15.6. The fourth-order valence-electron chi connectivity index (χ4n) is 2.66. The Morgan fingerprint density at radius 1 is 1.36 bits per heavy atom. The quantitative estimate of drug-likeness (QED) is 0.742. The molecule has 1 atom stereocenters. The second-order valence-corrected chi connectivity index (χ2v) is 5.37. The van der Waals surface area contributed by atoms with Gasteiger partial charge in [0.1, 0.15) is 5.75 Å². The average Bonchev–Trinajstić information content (AvgIpc) is 2.55. The lowest BCUT2D eigenvalue weighted by atomic mass is 9.95. The number of amides is 1. The van der Waals surface area contributed by atoms with Crippen LogP contribution in [0, 0.1) is 5.92 Å². The van der Waals surface area contributed by atoms with Crippen molar-refractivity contribution in [2.75, 3.05) is 26.8 Å². The Kier molecular flexibility index (Phi) is 8.24. The summed E-state index contributed by atoms with van der Waals surface area (Å²) in [4.78, 5) is 12.3. The van der Waals surface area contributed by atoms with Crippen LogP contribution in [0.4, 0.5) is 0 Å². The number of ether oxygens (including phenoxy) is 1. The number of aliphatic hydroxyl groups is 1. The van der Waals surface area contributed by atoms with Gasteiger partial charge in [0.05, 0.1) is 13.2 Å². The highest BCUT2D eigenvalue weighted by Gasteiger charge is 2.23. The second kappa shape index (κ2) is 9.66. The highest BCUT2D eigenvalue weighted by Crippen LogP contribution is 2.21. The van der Waals surface area contributed by atoms with Crippen LogP contribution in [0.5, 0.6) is 5.75 Å². The van der Waals surface area contributed by atoms with Crippen LogP contribution in [0.25, 0.3) is 0 Å². The van der Waals surface area contributed by atoms with Gasteiger partial charge in [-0.05, 0) is 50.0 Å².